The van der Waals surface area contributed by atoms with Gasteiger partial charge in [-0.05, 0) is 36.4 Å². The molecule has 0 atom stereocenters. The minimum Gasteiger partial charge on any atom is -0.467 e. The van der Waals surface area contributed by atoms with Crippen LogP contribution in [-0.2, 0) is 15.6 Å². The molecule has 0 spiro atoms. The summed E-state index contributed by atoms with van der Waals surface area (Å²) in [5.41, 5.74) is 0.343. The van der Waals surface area contributed by atoms with Gasteiger partial charge >= 0.3 is 0 Å². The Bertz CT molecular complexity index is 662. The van der Waals surface area contributed by atoms with Gasteiger partial charge in [0.05, 0.1) is 17.7 Å². The molecule has 0 saturated carbocycles. The zero-order valence-corrected chi connectivity index (χ0v) is 11.2. The zero-order valence-electron chi connectivity index (χ0n) is 9.67. The molecule has 5 nitrogen and oxygen atoms in total. The second-order valence-corrected chi connectivity index (χ2v) is 6.29. The molecule has 0 aliphatic carbocycles. The highest BCUT2D eigenvalue weighted by Crippen LogP contribution is 2.15. The number of carbonyl (C=O) groups excluding carboxylic acids is 1. The van der Waals surface area contributed by atoms with Gasteiger partial charge in [-0.1, -0.05) is 0 Å². The number of nitrogens with one attached hydrogen (secondary N) is 1. The van der Waals surface area contributed by atoms with Crippen molar-refractivity contribution in [3.8, 4) is 0 Å². The molecule has 19 heavy (non-hydrogen) atoms. The van der Waals surface area contributed by atoms with E-state index in [-0.39, 0.29) is 17.3 Å². The molecule has 0 bridgehead atoms. The lowest BCUT2D eigenvalue weighted by molar-refractivity contribution is 0.0948. The lowest BCUT2D eigenvalue weighted by atomic mass is 10.2. The first-order chi connectivity index (χ1) is 8.97. The van der Waals surface area contributed by atoms with Crippen molar-refractivity contribution < 1.29 is 17.6 Å². The van der Waals surface area contributed by atoms with E-state index in [0.717, 1.165) is 0 Å². The maximum absolute atomic E-state index is 11.8. The summed E-state index contributed by atoms with van der Waals surface area (Å²) in [6.45, 7) is 0.265. The molecule has 2 rings (SSSR count). The predicted octanol–water partition coefficient (Wildman–Crippen LogP) is 2.14. The third kappa shape index (κ3) is 3.59. The average molecular weight is 300 g/mol. The van der Waals surface area contributed by atoms with Gasteiger partial charge in [0.15, 0.2) is 0 Å². The SMILES string of the molecule is O=C(NCc1ccco1)c1ccc(S(=O)(=O)Cl)cc1. The fraction of sp³-hybridized carbons (Fsp3) is 0.0833. The van der Waals surface area contributed by atoms with Crippen LogP contribution in [0.4, 0.5) is 0 Å². The summed E-state index contributed by atoms with van der Waals surface area (Å²) in [6, 6.07) is 8.82. The highest BCUT2D eigenvalue weighted by molar-refractivity contribution is 8.13. The van der Waals surface area contributed by atoms with Gasteiger partial charge in [-0.3, -0.25) is 4.79 Å². The molecular formula is C12H10ClNO4S. The number of halogens is 1. The van der Waals surface area contributed by atoms with Crippen LogP contribution in [0.3, 0.4) is 0 Å². The Kier molecular flexibility index (Phi) is 3.92. The van der Waals surface area contributed by atoms with Crippen LogP contribution in [0.25, 0.3) is 0 Å². The van der Waals surface area contributed by atoms with Crippen molar-refractivity contribution in [1.82, 2.24) is 5.32 Å². The third-order valence-electron chi connectivity index (χ3n) is 2.40. The molecular weight excluding hydrogens is 290 g/mol. The second-order valence-electron chi connectivity index (χ2n) is 3.72. The van der Waals surface area contributed by atoms with Crippen LogP contribution in [0.5, 0.6) is 0 Å². The first kappa shape index (κ1) is 13.6. The van der Waals surface area contributed by atoms with Crippen LogP contribution >= 0.6 is 10.7 Å². The molecule has 1 aromatic heterocycles. The minimum absolute atomic E-state index is 0.0447. The smallest absolute Gasteiger partial charge is 0.261 e. The standard InChI is InChI=1S/C12H10ClNO4S/c13-19(16,17)11-5-3-9(4-6-11)12(15)14-8-10-2-1-7-18-10/h1-7H,8H2,(H,14,15). The van der Waals surface area contributed by atoms with E-state index in [1.807, 2.05) is 0 Å². The Labute approximate surface area is 114 Å². The van der Waals surface area contributed by atoms with Crippen LogP contribution in [0.1, 0.15) is 16.1 Å². The Morgan fingerprint density at radius 2 is 1.89 bits per heavy atom. The molecule has 0 fully saturated rings. The Hall–Kier alpha value is -1.79. The van der Waals surface area contributed by atoms with E-state index >= 15 is 0 Å². The van der Waals surface area contributed by atoms with E-state index in [0.29, 0.717) is 11.3 Å². The van der Waals surface area contributed by atoms with E-state index in [2.05, 4.69) is 5.32 Å². The number of furan rings is 1. The first-order valence-corrected chi connectivity index (χ1v) is 7.63. The minimum atomic E-state index is -3.77. The van der Waals surface area contributed by atoms with Crippen LogP contribution in [0, 0.1) is 0 Å². The van der Waals surface area contributed by atoms with E-state index < -0.39 is 9.05 Å². The molecule has 0 aliphatic heterocycles. The Morgan fingerprint density at radius 1 is 1.21 bits per heavy atom. The number of carbonyl (C=O) groups is 1. The van der Waals surface area contributed by atoms with Gasteiger partial charge in [0.1, 0.15) is 5.76 Å². The van der Waals surface area contributed by atoms with Crippen LogP contribution in [-0.4, -0.2) is 14.3 Å². The molecule has 100 valence electrons. The van der Waals surface area contributed by atoms with Crippen molar-refractivity contribution in [2.24, 2.45) is 0 Å². The first-order valence-electron chi connectivity index (χ1n) is 5.32. The molecule has 1 N–H and O–H groups in total. The number of hydrogen-bond acceptors (Lipinski definition) is 4. The van der Waals surface area contributed by atoms with E-state index in [1.54, 1.807) is 12.1 Å². The largest absolute Gasteiger partial charge is 0.467 e. The van der Waals surface area contributed by atoms with Gasteiger partial charge < -0.3 is 9.73 Å². The van der Waals surface area contributed by atoms with Gasteiger partial charge in [0, 0.05) is 16.2 Å². The predicted molar refractivity (Wildman–Crippen MR) is 69.4 cm³/mol. The van der Waals surface area contributed by atoms with Gasteiger partial charge in [-0.2, -0.15) is 0 Å². The summed E-state index contributed by atoms with van der Waals surface area (Å²) in [6.07, 6.45) is 1.52. The van der Waals surface area contributed by atoms with Crippen LogP contribution in [0.15, 0.2) is 52.0 Å². The van der Waals surface area contributed by atoms with Gasteiger partial charge in [-0.15, -0.1) is 0 Å². The number of amides is 1. The molecule has 7 heteroatoms. The normalized spacial score (nSPS) is 11.2. The quantitative estimate of drug-likeness (QED) is 0.878. The van der Waals surface area contributed by atoms with E-state index in [4.69, 9.17) is 15.1 Å². The average Bonchev–Trinajstić information content (AvgIpc) is 2.88. The van der Waals surface area contributed by atoms with Gasteiger partial charge in [0.2, 0.25) is 0 Å². The summed E-state index contributed by atoms with van der Waals surface area (Å²) in [5, 5.41) is 2.64. The summed E-state index contributed by atoms with van der Waals surface area (Å²) < 4.78 is 27.2. The van der Waals surface area contributed by atoms with Crippen LogP contribution < -0.4 is 5.32 Å². The molecule has 0 radical (unpaired) electrons. The second kappa shape index (κ2) is 5.46. The fourth-order valence-electron chi connectivity index (χ4n) is 1.45. The van der Waals surface area contributed by atoms with Crippen molar-refractivity contribution in [2.45, 2.75) is 11.4 Å². The van der Waals surface area contributed by atoms with Crippen molar-refractivity contribution >= 4 is 25.6 Å². The summed E-state index contributed by atoms with van der Waals surface area (Å²) in [5.74, 6) is 0.309. The van der Waals surface area contributed by atoms with Gasteiger partial charge in [-0.25, -0.2) is 8.42 Å². The molecule has 2 aromatic rings. The highest BCUT2D eigenvalue weighted by Gasteiger charge is 2.11. The zero-order chi connectivity index (χ0) is 13.9. The number of rotatable bonds is 4. The van der Waals surface area contributed by atoms with Crippen LogP contribution in [0.2, 0.25) is 0 Å². The van der Waals surface area contributed by atoms with Crippen molar-refractivity contribution in [1.29, 1.82) is 0 Å². The maximum Gasteiger partial charge on any atom is 0.261 e. The Balaban J connectivity index is 2.04. The molecule has 0 saturated heterocycles. The third-order valence-corrected chi connectivity index (χ3v) is 3.77. The highest BCUT2D eigenvalue weighted by atomic mass is 35.7. The summed E-state index contributed by atoms with van der Waals surface area (Å²) >= 11 is 0. The lowest BCUT2D eigenvalue weighted by Gasteiger charge is -2.03. The maximum atomic E-state index is 11.8. The molecule has 1 heterocycles. The van der Waals surface area contributed by atoms with Gasteiger partial charge in [0.25, 0.3) is 15.0 Å². The number of benzene rings is 1. The lowest BCUT2D eigenvalue weighted by Crippen LogP contribution is -2.22. The fourth-order valence-corrected chi connectivity index (χ4v) is 2.22. The van der Waals surface area contributed by atoms with E-state index in [1.165, 1.54) is 30.5 Å². The molecule has 0 unspecified atom stereocenters. The summed E-state index contributed by atoms with van der Waals surface area (Å²) in [4.78, 5) is 11.7. The summed E-state index contributed by atoms with van der Waals surface area (Å²) in [7, 11) is 1.41. The molecule has 1 amide bonds. The van der Waals surface area contributed by atoms with Crippen molar-refractivity contribution in [3.63, 3.8) is 0 Å². The van der Waals surface area contributed by atoms with E-state index in [9.17, 15) is 13.2 Å². The monoisotopic (exact) mass is 299 g/mol. The number of hydrogen-bond donors (Lipinski definition) is 1. The van der Waals surface area contributed by atoms with Crippen molar-refractivity contribution in [2.75, 3.05) is 0 Å². The molecule has 0 aliphatic rings. The van der Waals surface area contributed by atoms with Crippen molar-refractivity contribution in [3.05, 3.63) is 54.0 Å². The topological polar surface area (TPSA) is 76.4 Å². The molecule has 1 aromatic carbocycles. The Morgan fingerprint density at radius 3 is 2.42 bits per heavy atom.